The van der Waals surface area contributed by atoms with Crippen LogP contribution in [-0.4, -0.2) is 34.5 Å². The molecule has 0 bridgehead atoms. The molecule has 0 aliphatic rings. The zero-order valence-electron chi connectivity index (χ0n) is 16.4. The highest BCUT2D eigenvalue weighted by atomic mass is 32.2. The van der Waals surface area contributed by atoms with Crippen molar-refractivity contribution in [2.45, 2.75) is 81.8 Å². The van der Waals surface area contributed by atoms with E-state index in [4.69, 9.17) is 0 Å². The zero-order chi connectivity index (χ0) is 19.4. The van der Waals surface area contributed by atoms with Gasteiger partial charge in [-0.15, -0.1) is 10.2 Å². The quantitative estimate of drug-likeness (QED) is 0.653. The summed E-state index contributed by atoms with van der Waals surface area (Å²) in [4.78, 5) is 15.2. The van der Waals surface area contributed by atoms with Gasteiger partial charge < -0.3 is 0 Å². The first-order chi connectivity index (χ1) is 11.3. The van der Waals surface area contributed by atoms with Crippen LogP contribution in [0.5, 0.6) is 0 Å². The van der Waals surface area contributed by atoms with Gasteiger partial charge in [0.05, 0.1) is 0 Å². The molecule has 0 saturated carbocycles. The van der Waals surface area contributed by atoms with E-state index >= 15 is 0 Å². The lowest BCUT2D eigenvalue weighted by molar-refractivity contribution is 0.593. The SMILES string of the molecule is C.Cc1nn(C)c(SC(C)(C)C)nc1=O.Cc1nnc(SC(C)(C)C)s1. The first-order valence-electron chi connectivity index (χ1n) is 7.87. The third-order valence-electron chi connectivity index (χ3n) is 2.38. The molecular formula is C17H31N5OS3. The van der Waals surface area contributed by atoms with E-state index in [2.05, 4.69) is 61.8 Å². The number of aryl methyl sites for hydroxylation is 3. The molecule has 148 valence electrons. The molecule has 0 unspecified atom stereocenters. The van der Waals surface area contributed by atoms with Gasteiger partial charge in [-0.1, -0.05) is 83.8 Å². The predicted molar refractivity (Wildman–Crippen MR) is 115 cm³/mol. The standard InChI is InChI=1S/C9H15N3OS.C7H12N2S2.CH4/c1-6-7(13)10-8(12(5)11-6)14-9(2,3)4;1-5-8-9-6(10-5)11-7(2,3)4;/h1-5H3;1-4H3;1H4. The first-order valence-corrected chi connectivity index (χ1v) is 10.3. The van der Waals surface area contributed by atoms with E-state index in [0.29, 0.717) is 10.9 Å². The molecule has 0 atom stereocenters. The van der Waals surface area contributed by atoms with E-state index < -0.39 is 0 Å². The monoisotopic (exact) mass is 417 g/mol. The Morgan fingerprint density at radius 3 is 1.92 bits per heavy atom. The molecule has 0 N–H and O–H groups in total. The molecule has 0 spiro atoms. The van der Waals surface area contributed by atoms with Crippen molar-refractivity contribution in [1.82, 2.24) is 25.0 Å². The second-order valence-corrected chi connectivity index (χ2v) is 12.5. The summed E-state index contributed by atoms with van der Waals surface area (Å²) in [6.45, 7) is 16.4. The van der Waals surface area contributed by atoms with Gasteiger partial charge in [0, 0.05) is 16.5 Å². The minimum atomic E-state index is -0.241. The van der Waals surface area contributed by atoms with Crippen molar-refractivity contribution in [3.63, 3.8) is 0 Å². The minimum absolute atomic E-state index is 0. The van der Waals surface area contributed by atoms with Crippen LogP contribution >= 0.6 is 34.9 Å². The maximum atomic E-state index is 11.3. The van der Waals surface area contributed by atoms with Crippen molar-refractivity contribution in [3.8, 4) is 0 Å². The summed E-state index contributed by atoms with van der Waals surface area (Å²) in [5.41, 5.74) is 0.195. The Balaban J connectivity index is 0.000000475. The molecule has 0 amide bonds. The average molecular weight is 418 g/mol. The van der Waals surface area contributed by atoms with Gasteiger partial charge in [0.1, 0.15) is 10.7 Å². The van der Waals surface area contributed by atoms with Crippen LogP contribution in [0.1, 0.15) is 59.7 Å². The lowest BCUT2D eigenvalue weighted by Gasteiger charge is -2.17. The Kier molecular flexibility index (Phi) is 9.49. The van der Waals surface area contributed by atoms with Crippen LogP contribution in [0.15, 0.2) is 14.3 Å². The topological polar surface area (TPSA) is 73.6 Å². The highest BCUT2D eigenvalue weighted by Crippen LogP contribution is 2.33. The molecule has 6 nitrogen and oxygen atoms in total. The Hall–Kier alpha value is -0.930. The number of aromatic nitrogens is 5. The normalized spacial score (nSPS) is 11.4. The fourth-order valence-corrected chi connectivity index (χ4v) is 4.64. The second-order valence-electron chi connectivity index (χ2n) is 7.42. The van der Waals surface area contributed by atoms with Gasteiger partial charge in [-0.2, -0.15) is 10.1 Å². The number of hydrogen-bond acceptors (Lipinski definition) is 8. The van der Waals surface area contributed by atoms with Gasteiger partial charge in [-0.3, -0.25) is 4.79 Å². The van der Waals surface area contributed by atoms with E-state index in [1.165, 1.54) is 11.8 Å². The maximum absolute atomic E-state index is 11.3. The summed E-state index contributed by atoms with van der Waals surface area (Å²) in [6.07, 6.45) is 0. The molecular weight excluding hydrogens is 386 g/mol. The maximum Gasteiger partial charge on any atom is 0.295 e. The molecule has 0 aromatic carbocycles. The first kappa shape index (κ1) is 25.1. The van der Waals surface area contributed by atoms with Crippen LogP contribution in [0.25, 0.3) is 0 Å². The van der Waals surface area contributed by atoms with Crippen LogP contribution in [0.3, 0.4) is 0 Å². The van der Waals surface area contributed by atoms with Gasteiger partial charge in [-0.05, 0) is 13.8 Å². The van der Waals surface area contributed by atoms with Gasteiger partial charge in [-0.25, -0.2) is 4.68 Å². The number of hydrogen-bond donors (Lipinski definition) is 0. The van der Waals surface area contributed by atoms with Gasteiger partial charge in [0.15, 0.2) is 9.50 Å². The molecule has 2 aromatic heterocycles. The number of nitrogens with zero attached hydrogens (tertiary/aromatic N) is 5. The van der Waals surface area contributed by atoms with Gasteiger partial charge in [0.2, 0.25) is 0 Å². The summed E-state index contributed by atoms with van der Waals surface area (Å²) in [5, 5.41) is 13.8. The summed E-state index contributed by atoms with van der Waals surface area (Å²) >= 11 is 4.96. The van der Waals surface area contributed by atoms with E-state index in [1.54, 1.807) is 41.8 Å². The van der Waals surface area contributed by atoms with Gasteiger partial charge in [0.25, 0.3) is 5.56 Å². The average Bonchev–Trinajstić information content (AvgIpc) is 2.78. The lowest BCUT2D eigenvalue weighted by Crippen LogP contribution is -2.21. The zero-order valence-corrected chi connectivity index (χ0v) is 18.8. The third-order valence-corrected chi connectivity index (χ3v) is 5.53. The van der Waals surface area contributed by atoms with Gasteiger partial charge >= 0.3 is 0 Å². The highest BCUT2D eigenvalue weighted by Gasteiger charge is 2.16. The molecule has 2 aromatic rings. The number of rotatable bonds is 2. The molecule has 0 aliphatic heterocycles. The van der Waals surface area contributed by atoms with Crippen LogP contribution < -0.4 is 5.56 Å². The third kappa shape index (κ3) is 9.68. The van der Waals surface area contributed by atoms with Crippen LogP contribution in [0, 0.1) is 13.8 Å². The lowest BCUT2D eigenvalue weighted by atomic mass is 10.3. The Morgan fingerprint density at radius 2 is 1.50 bits per heavy atom. The molecule has 0 fully saturated rings. The van der Waals surface area contributed by atoms with Crippen molar-refractivity contribution >= 4 is 34.9 Å². The van der Waals surface area contributed by atoms with Crippen molar-refractivity contribution < 1.29 is 0 Å². The van der Waals surface area contributed by atoms with E-state index in [0.717, 1.165) is 9.35 Å². The Labute approximate surface area is 169 Å². The minimum Gasteiger partial charge on any atom is -0.265 e. The Morgan fingerprint density at radius 1 is 0.962 bits per heavy atom. The molecule has 2 heterocycles. The van der Waals surface area contributed by atoms with Crippen LogP contribution in [0.2, 0.25) is 0 Å². The fraction of sp³-hybridized carbons (Fsp3) is 0.706. The van der Waals surface area contributed by atoms with Crippen LogP contribution in [-0.2, 0) is 7.05 Å². The molecule has 0 saturated heterocycles. The molecule has 0 aliphatic carbocycles. The summed E-state index contributed by atoms with van der Waals surface area (Å²) in [5.74, 6) is 0. The summed E-state index contributed by atoms with van der Waals surface area (Å²) in [7, 11) is 1.80. The molecule has 9 heteroatoms. The van der Waals surface area contributed by atoms with E-state index in [9.17, 15) is 4.79 Å². The molecule has 2 rings (SSSR count). The van der Waals surface area contributed by atoms with Crippen molar-refractivity contribution in [2.75, 3.05) is 0 Å². The fourth-order valence-electron chi connectivity index (χ4n) is 1.50. The largest absolute Gasteiger partial charge is 0.295 e. The predicted octanol–water partition coefficient (Wildman–Crippen LogP) is 4.75. The van der Waals surface area contributed by atoms with E-state index in [1.807, 2.05) is 6.92 Å². The smallest absolute Gasteiger partial charge is 0.265 e. The number of thioether (sulfide) groups is 2. The Bertz CT molecular complexity index is 757. The van der Waals surface area contributed by atoms with Crippen molar-refractivity contribution in [3.05, 3.63) is 21.1 Å². The van der Waals surface area contributed by atoms with Crippen molar-refractivity contribution in [2.24, 2.45) is 7.05 Å². The molecule has 26 heavy (non-hydrogen) atoms. The summed E-state index contributed by atoms with van der Waals surface area (Å²) < 4.78 is 2.99. The van der Waals surface area contributed by atoms with Crippen molar-refractivity contribution in [1.29, 1.82) is 0 Å². The highest BCUT2D eigenvalue weighted by molar-refractivity contribution is 8.02. The second kappa shape index (κ2) is 9.85. The molecule has 0 radical (unpaired) electrons. The van der Waals surface area contributed by atoms with Crippen LogP contribution in [0.4, 0.5) is 0 Å². The van der Waals surface area contributed by atoms with E-state index in [-0.39, 0.29) is 22.5 Å². The summed E-state index contributed by atoms with van der Waals surface area (Å²) in [6, 6.07) is 0.